The molecule has 1 amide bonds. The van der Waals surface area contributed by atoms with Crippen LogP contribution >= 0.6 is 12.4 Å². The molecule has 0 saturated carbocycles. The van der Waals surface area contributed by atoms with Gasteiger partial charge in [-0.15, -0.1) is 12.4 Å². The van der Waals surface area contributed by atoms with Crippen molar-refractivity contribution in [3.8, 4) is 0 Å². The second-order valence-electron chi connectivity index (χ2n) is 9.28. The number of amides is 1. The maximum absolute atomic E-state index is 13.4. The molecule has 1 saturated heterocycles. The number of hydrogen-bond donors (Lipinski definition) is 0. The summed E-state index contributed by atoms with van der Waals surface area (Å²) >= 11 is 0. The molecule has 35 heavy (non-hydrogen) atoms. The zero-order valence-corrected chi connectivity index (χ0v) is 20.4. The van der Waals surface area contributed by atoms with Crippen LogP contribution in [0.1, 0.15) is 40.2 Å². The van der Waals surface area contributed by atoms with Crippen LogP contribution in [-0.4, -0.2) is 42.8 Å². The Morgan fingerprint density at radius 2 is 1.51 bits per heavy atom. The standard InChI is InChI=1S/C29H29FN2O2.ClH/c30-24-12-10-22(11-13-24)28(33)23-14-16-31(17-15-23)18-19-32-27-9-5-4-8-25(27)26(29(32)34)20-21-6-2-1-3-7-21;/h1-13,23,26H,14-20H2;1H. The second-order valence-corrected chi connectivity index (χ2v) is 9.28. The highest BCUT2D eigenvalue weighted by Gasteiger charge is 2.37. The molecule has 0 N–H and O–H groups in total. The Hall–Kier alpha value is -3.02. The van der Waals surface area contributed by atoms with Crippen LogP contribution in [-0.2, 0) is 11.2 Å². The summed E-state index contributed by atoms with van der Waals surface area (Å²) in [5.74, 6) is -0.210. The van der Waals surface area contributed by atoms with Gasteiger partial charge >= 0.3 is 0 Å². The number of carbonyl (C=O) groups excluding carboxylic acids is 2. The van der Waals surface area contributed by atoms with Gasteiger partial charge in [-0.25, -0.2) is 4.39 Å². The van der Waals surface area contributed by atoms with Crippen molar-refractivity contribution in [2.45, 2.75) is 25.2 Å². The summed E-state index contributed by atoms with van der Waals surface area (Å²) in [5.41, 5.74) is 3.89. The van der Waals surface area contributed by atoms with Crippen LogP contribution in [0.3, 0.4) is 0 Å². The molecule has 1 fully saturated rings. The fourth-order valence-electron chi connectivity index (χ4n) is 5.26. The summed E-state index contributed by atoms with van der Waals surface area (Å²) in [6, 6.07) is 24.2. The predicted octanol–water partition coefficient (Wildman–Crippen LogP) is 5.52. The summed E-state index contributed by atoms with van der Waals surface area (Å²) in [4.78, 5) is 30.4. The summed E-state index contributed by atoms with van der Waals surface area (Å²) in [5, 5.41) is 0. The Bertz CT molecular complexity index is 1160. The topological polar surface area (TPSA) is 40.6 Å². The third-order valence-electron chi connectivity index (χ3n) is 7.18. The van der Waals surface area contributed by atoms with Crippen molar-refractivity contribution in [1.82, 2.24) is 4.90 Å². The van der Waals surface area contributed by atoms with Gasteiger partial charge in [-0.1, -0.05) is 48.5 Å². The number of hydrogen-bond acceptors (Lipinski definition) is 3. The van der Waals surface area contributed by atoms with Crippen molar-refractivity contribution in [3.05, 3.63) is 101 Å². The molecule has 0 spiro atoms. The molecular formula is C29H30ClFN2O2. The summed E-state index contributed by atoms with van der Waals surface area (Å²) < 4.78 is 13.2. The molecule has 2 heterocycles. The van der Waals surface area contributed by atoms with E-state index in [1.807, 2.05) is 41.3 Å². The lowest BCUT2D eigenvalue weighted by atomic mass is 9.89. The number of halogens is 2. The van der Waals surface area contributed by atoms with E-state index in [4.69, 9.17) is 0 Å². The fourth-order valence-corrected chi connectivity index (χ4v) is 5.26. The number of rotatable bonds is 7. The van der Waals surface area contributed by atoms with Crippen LogP contribution in [0.2, 0.25) is 0 Å². The summed E-state index contributed by atoms with van der Waals surface area (Å²) in [7, 11) is 0. The van der Waals surface area contributed by atoms with E-state index in [0.717, 1.165) is 43.7 Å². The lowest BCUT2D eigenvalue weighted by molar-refractivity contribution is -0.119. The average molecular weight is 493 g/mol. The minimum atomic E-state index is -0.324. The molecule has 182 valence electrons. The van der Waals surface area contributed by atoms with E-state index in [1.165, 1.54) is 17.7 Å². The molecule has 3 aromatic carbocycles. The molecule has 0 bridgehead atoms. The van der Waals surface area contributed by atoms with Gasteiger partial charge in [0.05, 0.1) is 5.92 Å². The Morgan fingerprint density at radius 1 is 0.857 bits per heavy atom. The number of benzene rings is 3. The number of carbonyl (C=O) groups is 2. The smallest absolute Gasteiger partial charge is 0.234 e. The first-order valence-corrected chi connectivity index (χ1v) is 12.1. The normalized spacial score (nSPS) is 18.3. The van der Waals surface area contributed by atoms with E-state index in [0.29, 0.717) is 18.5 Å². The van der Waals surface area contributed by atoms with Gasteiger partial charge in [0.2, 0.25) is 5.91 Å². The first-order chi connectivity index (χ1) is 16.6. The molecule has 2 aliphatic rings. The Balaban J connectivity index is 0.00000289. The molecule has 4 nitrogen and oxygen atoms in total. The minimum Gasteiger partial charge on any atom is -0.310 e. The van der Waals surface area contributed by atoms with Crippen LogP contribution in [0.5, 0.6) is 0 Å². The zero-order chi connectivity index (χ0) is 23.5. The predicted molar refractivity (Wildman–Crippen MR) is 139 cm³/mol. The van der Waals surface area contributed by atoms with E-state index in [1.54, 1.807) is 12.1 Å². The number of Topliss-reactive ketones (excluding diaryl/α,β-unsaturated/α-hetero) is 1. The van der Waals surface area contributed by atoms with Gasteiger partial charge in [-0.2, -0.15) is 0 Å². The van der Waals surface area contributed by atoms with Gasteiger partial charge in [0.25, 0.3) is 0 Å². The van der Waals surface area contributed by atoms with Crippen molar-refractivity contribution >= 4 is 29.8 Å². The third-order valence-corrected chi connectivity index (χ3v) is 7.18. The number of para-hydroxylation sites is 1. The summed E-state index contributed by atoms with van der Waals surface area (Å²) in [6.45, 7) is 3.09. The Labute approximate surface area is 212 Å². The van der Waals surface area contributed by atoms with Crippen molar-refractivity contribution in [2.75, 3.05) is 31.1 Å². The van der Waals surface area contributed by atoms with Gasteiger partial charge in [-0.3, -0.25) is 9.59 Å². The van der Waals surface area contributed by atoms with Gasteiger partial charge in [0.1, 0.15) is 5.82 Å². The molecular weight excluding hydrogens is 463 g/mol. The van der Waals surface area contributed by atoms with Crippen LogP contribution in [0, 0.1) is 11.7 Å². The van der Waals surface area contributed by atoms with Gasteiger partial charge in [0.15, 0.2) is 5.78 Å². The highest BCUT2D eigenvalue weighted by Crippen LogP contribution is 2.39. The van der Waals surface area contributed by atoms with Crippen LogP contribution in [0.4, 0.5) is 10.1 Å². The molecule has 0 aromatic heterocycles. The molecule has 0 radical (unpaired) electrons. The van der Waals surface area contributed by atoms with Crippen molar-refractivity contribution < 1.29 is 14.0 Å². The van der Waals surface area contributed by atoms with Crippen molar-refractivity contribution in [1.29, 1.82) is 0 Å². The number of likely N-dealkylation sites (tertiary alicyclic amines) is 1. The number of nitrogens with zero attached hydrogens (tertiary/aromatic N) is 2. The first-order valence-electron chi connectivity index (χ1n) is 12.1. The van der Waals surface area contributed by atoms with Gasteiger partial charge in [0, 0.05) is 30.3 Å². The molecule has 5 rings (SSSR count). The third kappa shape index (κ3) is 5.47. The van der Waals surface area contributed by atoms with Crippen molar-refractivity contribution in [3.63, 3.8) is 0 Å². The Kier molecular flexibility index (Phi) is 7.99. The number of ketones is 1. The van der Waals surface area contributed by atoms with Crippen molar-refractivity contribution in [2.24, 2.45) is 5.92 Å². The van der Waals surface area contributed by atoms with E-state index in [-0.39, 0.29) is 41.8 Å². The molecule has 3 aromatic rings. The molecule has 1 atom stereocenters. The van der Waals surface area contributed by atoms with E-state index in [2.05, 4.69) is 23.1 Å². The van der Waals surface area contributed by atoms with E-state index < -0.39 is 0 Å². The second kappa shape index (κ2) is 11.1. The number of piperidine rings is 1. The minimum absolute atomic E-state index is 0. The van der Waals surface area contributed by atoms with Crippen LogP contribution in [0.25, 0.3) is 0 Å². The van der Waals surface area contributed by atoms with Crippen LogP contribution in [0.15, 0.2) is 78.9 Å². The van der Waals surface area contributed by atoms with E-state index >= 15 is 0 Å². The maximum Gasteiger partial charge on any atom is 0.234 e. The van der Waals surface area contributed by atoms with Gasteiger partial charge in [-0.05, 0) is 73.8 Å². The van der Waals surface area contributed by atoms with Gasteiger partial charge < -0.3 is 9.80 Å². The number of fused-ring (bicyclic) bond motifs is 1. The zero-order valence-electron chi connectivity index (χ0n) is 19.6. The highest BCUT2D eigenvalue weighted by atomic mass is 35.5. The summed E-state index contributed by atoms with van der Waals surface area (Å²) in [6.07, 6.45) is 2.29. The lowest BCUT2D eigenvalue weighted by Crippen LogP contribution is -2.42. The molecule has 0 aliphatic carbocycles. The SMILES string of the molecule is Cl.O=C(c1ccc(F)cc1)C1CCN(CCN2C(=O)C(Cc3ccccc3)c3ccccc32)CC1. The monoisotopic (exact) mass is 492 g/mol. The molecule has 6 heteroatoms. The van der Waals surface area contributed by atoms with Crippen LogP contribution < -0.4 is 4.90 Å². The fraction of sp³-hybridized carbons (Fsp3) is 0.310. The molecule has 2 aliphatic heterocycles. The Morgan fingerprint density at radius 3 is 2.23 bits per heavy atom. The number of anilines is 1. The largest absolute Gasteiger partial charge is 0.310 e. The highest BCUT2D eigenvalue weighted by molar-refractivity contribution is 6.05. The quantitative estimate of drug-likeness (QED) is 0.408. The lowest BCUT2D eigenvalue weighted by Gasteiger charge is -2.32. The molecule has 1 unspecified atom stereocenters. The maximum atomic E-state index is 13.4. The first kappa shape index (κ1) is 25.1. The van der Waals surface area contributed by atoms with E-state index in [9.17, 15) is 14.0 Å². The average Bonchev–Trinajstić information content (AvgIpc) is 3.14.